The van der Waals surface area contributed by atoms with Crippen molar-refractivity contribution in [3.05, 3.63) is 120 Å². The van der Waals surface area contributed by atoms with Gasteiger partial charge in [-0.3, -0.25) is 9.59 Å². The van der Waals surface area contributed by atoms with Gasteiger partial charge in [0.25, 0.3) is 0 Å². The van der Waals surface area contributed by atoms with Crippen molar-refractivity contribution in [2.45, 2.75) is 95.8 Å². The van der Waals surface area contributed by atoms with Crippen LogP contribution < -0.4 is 9.47 Å². The molecule has 18 rings (SSSR count). The molecule has 12 saturated carbocycles. The Morgan fingerprint density at radius 3 is 1.51 bits per heavy atom. The standard InChI is InChI=1S/C67H64O4/c1-32-64-65(32)67(64)24-22-38(23-25-67)35-4-8-37(9-5-35)41-15-19-45-43(27-41)17-21-54(71-66(69)58-50-30-51(50)58)60(45)59-44-18-14-40(36-6-2-33(3-7-36)34-10-12-39(13-11-34)56-46-28-47(46)56)26-42(44)16-20-53(59)70-55(68)31-52-61-62(52)63(61)57-48-29-49(48)57/h2-9,14-21,26-27,32,34,38-39,46-52,56-58,61-65H,10-13,22-25,28-31H2,1H3. The molecule has 10 unspecified atom stereocenters. The summed E-state index contributed by atoms with van der Waals surface area (Å²) in [5, 5.41) is 4.11. The molecule has 0 bridgehead atoms. The number of hydrogen-bond donors (Lipinski definition) is 0. The summed E-state index contributed by atoms with van der Waals surface area (Å²) in [5.41, 5.74) is 10.1. The normalized spacial score (nSPS) is 41.9. The molecule has 0 radical (unpaired) electrons. The van der Waals surface area contributed by atoms with Crippen LogP contribution in [0.15, 0.2) is 109 Å². The van der Waals surface area contributed by atoms with Gasteiger partial charge in [0.15, 0.2) is 0 Å². The zero-order valence-corrected chi connectivity index (χ0v) is 41.0. The van der Waals surface area contributed by atoms with Crippen LogP contribution in [0.25, 0.3) is 54.9 Å². The van der Waals surface area contributed by atoms with Crippen LogP contribution in [0, 0.1) is 106 Å². The SMILES string of the molecule is CC1C2C1C21CCC(c2ccc(-c3ccc4c(-c5c(OC(=O)CC6C7C6C7C6C7CC76)ccc6cc(-c7ccc(C8CCC(C9C%10CC%109)CC8)cc7)ccc56)c(OC(=O)C5C6CC65)ccc4c3)cc2)CC1. The van der Waals surface area contributed by atoms with Crippen molar-refractivity contribution in [1.82, 2.24) is 0 Å². The molecule has 10 atom stereocenters. The summed E-state index contributed by atoms with van der Waals surface area (Å²) < 4.78 is 13.1. The number of esters is 2. The second-order valence-corrected chi connectivity index (χ2v) is 26.4. The van der Waals surface area contributed by atoms with E-state index in [0.717, 1.165) is 121 Å². The van der Waals surface area contributed by atoms with E-state index < -0.39 is 0 Å². The fraction of sp³-hybridized carbons (Fsp3) is 0.493. The maximum Gasteiger partial charge on any atom is 0.314 e. The Morgan fingerprint density at radius 1 is 0.507 bits per heavy atom. The fourth-order valence-electron chi connectivity index (χ4n) is 18.1. The second-order valence-electron chi connectivity index (χ2n) is 26.4. The molecule has 0 aliphatic heterocycles. The van der Waals surface area contributed by atoms with Crippen LogP contribution in [0.2, 0.25) is 0 Å². The van der Waals surface area contributed by atoms with Crippen molar-refractivity contribution >= 4 is 33.5 Å². The molecule has 12 aliphatic carbocycles. The third-order valence-corrected chi connectivity index (χ3v) is 23.2. The quantitative estimate of drug-likeness (QED) is 0.0906. The van der Waals surface area contributed by atoms with E-state index in [2.05, 4.69) is 104 Å². The number of benzene rings is 6. The van der Waals surface area contributed by atoms with Crippen LogP contribution in [-0.2, 0) is 9.59 Å². The lowest BCUT2D eigenvalue weighted by molar-refractivity contribution is -0.137. The second kappa shape index (κ2) is 13.9. The van der Waals surface area contributed by atoms with Crippen LogP contribution in [0.3, 0.4) is 0 Å². The Morgan fingerprint density at radius 2 is 1.01 bits per heavy atom. The molecule has 0 saturated heterocycles. The van der Waals surface area contributed by atoms with Crippen molar-refractivity contribution in [3.63, 3.8) is 0 Å². The molecule has 0 heterocycles. The molecule has 0 amide bonds. The predicted octanol–water partition coefficient (Wildman–Crippen LogP) is 15.3. The number of carbonyl (C=O) groups is 2. The monoisotopic (exact) mass is 932 g/mol. The van der Waals surface area contributed by atoms with Crippen molar-refractivity contribution in [3.8, 4) is 44.9 Å². The largest absolute Gasteiger partial charge is 0.426 e. The topological polar surface area (TPSA) is 52.6 Å². The summed E-state index contributed by atoms with van der Waals surface area (Å²) >= 11 is 0. The van der Waals surface area contributed by atoms with Gasteiger partial charge in [-0.2, -0.15) is 0 Å². The van der Waals surface area contributed by atoms with Gasteiger partial charge >= 0.3 is 11.9 Å². The average Bonchev–Trinajstić information content (AvgIpc) is 4.19. The van der Waals surface area contributed by atoms with E-state index in [1.54, 1.807) is 0 Å². The highest BCUT2D eigenvalue weighted by atomic mass is 16.5. The van der Waals surface area contributed by atoms with E-state index >= 15 is 0 Å². The number of ether oxygens (including phenoxy) is 2. The van der Waals surface area contributed by atoms with Crippen molar-refractivity contribution in [1.29, 1.82) is 0 Å². The maximum absolute atomic E-state index is 14.1. The highest BCUT2D eigenvalue weighted by molar-refractivity contribution is 6.12. The van der Waals surface area contributed by atoms with Crippen molar-refractivity contribution < 1.29 is 19.1 Å². The summed E-state index contributed by atoms with van der Waals surface area (Å²) in [4.78, 5) is 27.9. The molecule has 1 spiro atoms. The Hall–Kier alpha value is -5.22. The minimum absolute atomic E-state index is 0.000925. The van der Waals surface area contributed by atoms with E-state index in [1.807, 2.05) is 12.1 Å². The summed E-state index contributed by atoms with van der Waals surface area (Å²) in [6, 6.07) is 40.6. The number of rotatable bonds is 12. The zero-order valence-electron chi connectivity index (χ0n) is 41.0. The van der Waals surface area contributed by atoms with Crippen LogP contribution in [0.5, 0.6) is 11.5 Å². The Balaban J connectivity index is 0.684. The molecule has 6 aromatic carbocycles. The van der Waals surface area contributed by atoms with Gasteiger partial charge in [-0.25, -0.2) is 0 Å². The summed E-state index contributed by atoms with van der Waals surface area (Å²) in [5.74, 6) is 16.4. The highest BCUT2D eigenvalue weighted by Crippen LogP contribution is 2.87. The average molecular weight is 933 g/mol. The summed E-state index contributed by atoms with van der Waals surface area (Å²) in [6.45, 7) is 2.46. The lowest BCUT2D eigenvalue weighted by Crippen LogP contribution is -2.23. The van der Waals surface area contributed by atoms with E-state index in [0.29, 0.717) is 47.5 Å². The molecule has 0 aromatic heterocycles. The fourth-order valence-corrected chi connectivity index (χ4v) is 18.1. The number of fused-ring (bicyclic) bond motifs is 9. The van der Waals surface area contributed by atoms with E-state index in [4.69, 9.17) is 9.47 Å². The highest BCUT2D eigenvalue weighted by Gasteiger charge is 2.83. The first-order chi connectivity index (χ1) is 34.9. The first-order valence-electron chi connectivity index (χ1n) is 28.6. The Labute approximate surface area is 417 Å². The first-order valence-corrected chi connectivity index (χ1v) is 28.6. The Kier molecular flexibility index (Phi) is 7.88. The van der Waals surface area contributed by atoms with Gasteiger partial charge in [0, 0.05) is 17.5 Å². The summed E-state index contributed by atoms with van der Waals surface area (Å²) in [6.07, 6.45) is 15.6. The molecule has 356 valence electrons. The molecular weight excluding hydrogens is 869 g/mol. The molecule has 12 fully saturated rings. The third kappa shape index (κ3) is 6.09. The van der Waals surface area contributed by atoms with Crippen molar-refractivity contribution in [2.24, 2.45) is 106 Å². The van der Waals surface area contributed by atoms with Crippen LogP contribution in [0.1, 0.15) is 107 Å². The summed E-state index contributed by atoms with van der Waals surface area (Å²) in [7, 11) is 0. The van der Waals surface area contributed by atoms with E-state index in [-0.39, 0.29) is 17.9 Å². The van der Waals surface area contributed by atoms with Crippen molar-refractivity contribution in [2.75, 3.05) is 0 Å². The molecule has 71 heavy (non-hydrogen) atoms. The molecule has 6 aromatic rings. The van der Waals surface area contributed by atoms with Crippen LogP contribution in [0.4, 0.5) is 0 Å². The van der Waals surface area contributed by atoms with Gasteiger partial charge in [-0.15, -0.1) is 0 Å². The smallest absolute Gasteiger partial charge is 0.314 e. The van der Waals surface area contributed by atoms with Gasteiger partial charge in [0.05, 0.1) is 5.92 Å². The van der Waals surface area contributed by atoms with Gasteiger partial charge in [0.2, 0.25) is 0 Å². The number of carbonyl (C=O) groups excluding carboxylic acids is 2. The van der Waals surface area contributed by atoms with Gasteiger partial charge in [-0.1, -0.05) is 91.9 Å². The maximum atomic E-state index is 14.1. The minimum atomic E-state index is -0.147. The number of hydrogen-bond acceptors (Lipinski definition) is 4. The van der Waals surface area contributed by atoms with E-state index in [1.165, 1.54) is 97.6 Å². The molecule has 4 heteroatoms. The van der Waals surface area contributed by atoms with Gasteiger partial charge in [-0.05, 0) is 262 Å². The molecular formula is C67H64O4. The lowest BCUT2D eigenvalue weighted by Gasteiger charge is -2.34. The van der Waals surface area contributed by atoms with Crippen LogP contribution >= 0.6 is 0 Å². The third-order valence-electron chi connectivity index (χ3n) is 23.2. The van der Waals surface area contributed by atoms with Gasteiger partial charge in [0.1, 0.15) is 11.5 Å². The molecule has 0 N–H and O–H groups in total. The minimum Gasteiger partial charge on any atom is -0.426 e. The lowest BCUT2D eigenvalue weighted by atomic mass is 9.70. The predicted molar refractivity (Wildman–Crippen MR) is 277 cm³/mol. The van der Waals surface area contributed by atoms with E-state index in [9.17, 15) is 9.59 Å². The first kappa shape index (κ1) is 40.3. The zero-order chi connectivity index (χ0) is 46.3. The van der Waals surface area contributed by atoms with Gasteiger partial charge < -0.3 is 9.47 Å². The van der Waals surface area contributed by atoms with Crippen LogP contribution in [-0.4, -0.2) is 11.9 Å². The molecule has 4 nitrogen and oxygen atoms in total. The molecule has 12 aliphatic rings. The Bertz CT molecular complexity index is 3270.